The molecule has 0 N–H and O–H groups in total. The van der Waals surface area contributed by atoms with Gasteiger partial charge in [0.25, 0.3) is 0 Å². The van der Waals surface area contributed by atoms with Crippen molar-refractivity contribution < 1.29 is 23.2 Å². The number of benzene rings is 3. The third-order valence-electron chi connectivity index (χ3n) is 3.92. The van der Waals surface area contributed by atoms with E-state index in [4.69, 9.17) is 0 Å². The van der Waals surface area contributed by atoms with Crippen molar-refractivity contribution in [2.45, 2.75) is 3.63 Å². The van der Waals surface area contributed by atoms with Crippen LogP contribution in [-0.4, -0.2) is 0 Å². The summed E-state index contributed by atoms with van der Waals surface area (Å²) in [6.07, 6.45) is 0. The van der Waals surface area contributed by atoms with Gasteiger partial charge in [-0.1, -0.05) is 0 Å². The van der Waals surface area contributed by atoms with Gasteiger partial charge >= 0.3 is 131 Å². The first-order chi connectivity index (χ1) is 9.93. The summed E-state index contributed by atoms with van der Waals surface area (Å²) in [5.41, 5.74) is 5.99. The molecule has 0 atom stereocenters. The zero-order valence-electron chi connectivity index (χ0n) is 11.1. The molecule has 1 heteroatoms. The van der Waals surface area contributed by atoms with E-state index in [1.807, 2.05) is 0 Å². The maximum absolute atomic E-state index is 2.32. The predicted molar refractivity (Wildman–Crippen MR) is 79.8 cm³/mol. The van der Waals surface area contributed by atoms with Gasteiger partial charge in [0, 0.05) is 0 Å². The topological polar surface area (TPSA) is 0 Å². The molecule has 0 aliphatic heterocycles. The number of hydrogen-bond donors (Lipinski definition) is 0. The number of rotatable bonds is 2. The van der Waals surface area contributed by atoms with E-state index in [1.165, 1.54) is 11.1 Å². The molecule has 3 aromatic carbocycles. The molecule has 20 heavy (non-hydrogen) atoms. The Kier molecular flexibility index (Phi) is 3.16. The SMILES string of the molecule is c1cc[c]([Zr][CH]2c3ccccc3-c3ccccc32)cc1. The molecule has 0 fully saturated rings. The second-order valence-corrected chi connectivity index (χ2v) is 8.67. The summed E-state index contributed by atoms with van der Waals surface area (Å²) in [4.78, 5) is 0. The van der Waals surface area contributed by atoms with Crippen LogP contribution in [-0.2, 0) is 23.2 Å². The Morgan fingerprint density at radius 3 is 1.65 bits per heavy atom. The van der Waals surface area contributed by atoms with E-state index in [9.17, 15) is 0 Å². The summed E-state index contributed by atoms with van der Waals surface area (Å²) in [7, 11) is 0. The van der Waals surface area contributed by atoms with Crippen molar-refractivity contribution in [3.05, 3.63) is 90.0 Å². The van der Waals surface area contributed by atoms with Crippen molar-refractivity contribution in [2.75, 3.05) is 0 Å². The van der Waals surface area contributed by atoms with Gasteiger partial charge in [-0.25, -0.2) is 0 Å². The summed E-state index contributed by atoms with van der Waals surface area (Å²) < 4.78 is 2.24. The van der Waals surface area contributed by atoms with Crippen LogP contribution in [0.15, 0.2) is 78.9 Å². The average molecular weight is 334 g/mol. The molecule has 4 rings (SSSR count). The van der Waals surface area contributed by atoms with Gasteiger partial charge in [-0.15, -0.1) is 0 Å². The molecule has 0 unspecified atom stereocenters. The van der Waals surface area contributed by atoms with Crippen molar-refractivity contribution in [3.63, 3.8) is 0 Å². The first kappa shape index (κ1) is 12.3. The summed E-state index contributed by atoms with van der Waals surface area (Å²) in [5, 5.41) is 0. The van der Waals surface area contributed by atoms with E-state index in [0.29, 0.717) is 3.63 Å². The molecule has 0 heterocycles. The molecule has 0 saturated heterocycles. The van der Waals surface area contributed by atoms with Gasteiger partial charge in [0.2, 0.25) is 0 Å². The first-order valence-corrected chi connectivity index (χ1v) is 9.58. The fourth-order valence-electron chi connectivity index (χ4n) is 3.01. The monoisotopic (exact) mass is 332 g/mol. The zero-order chi connectivity index (χ0) is 13.4. The maximum atomic E-state index is 2.32. The van der Waals surface area contributed by atoms with Crippen molar-refractivity contribution in [1.82, 2.24) is 0 Å². The standard InChI is InChI=1S/C13H9.C6H5.Zr/c1-3-7-12-10(5-1)9-11-6-2-4-8-13(11)12;1-2-4-6-5-3-1;/h1-9H;1-5H;. The molecular weight excluding hydrogens is 319 g/mol. The second-order valence-electron chi connectivity index (χ2n) is 5.12. The van der Waals surface area contributed by atoms with E-state index in [2.05, 4.69) is 78.9 Å². The molecule has 0 bridgehead atoms. The first-order valence-electron chi connectivity index (χ1n) is 6.93. The van der Waals surface area contributed by atoms with Crippen LogP contribution in [0.4, 0.5) is 0 Å². The van der Waals surface area contributed by atoms with Gasteiger partial charge in [0.1, 0.15) is 0 Å². The third-order valence-corrected chi connectivity index (χ3v) is 7.80. The summed E-state index contributed by atoms with van der Waals surface area (Å²) in [6.45, 7) is 0. The molecule has 3 aromatic rings. The fraction of sp³-hybridized carbons (Fsp3) is 0.0526. The van der Waals surface area contributed by atoms with Crippen molar-refractivity contribution >= 4 is 3.27 Å². The van der Waals surface area contributed by atoms with Crippen molar-refractivity contribution in [2.24, 2.45) is 0 Å². The van der Waals surface area contributed by atoms with Crippen LogP contribution >= 0.6 is 0 Å². The van der Waals surface area contributed by atoms with Gasteiger partial charge < -0.3 is 0 Å². The summed E-state index contributed by atoms with van der Waals surface area (Å²) >= 11 is -0.673. The molecular formula is C19H14Zr. The van der Waals surface area contributed by atoms with E-state index < -0.39 is 23.2 Å². The Balaban J connectivity index is 1.83. The van der Waals surface area contributed by atoms with E-state index in [-0.39, 0.29) is 0 Å². The molecule has 0 saturated carbocycles. The van der Waals surface area contributed by atoms with E-state index >= 15 is 0 Å². The Labute approximate surface area is 131 Å². The minimum atomic E-state index is -0.673. The van der Waals surface area contributed by atoms with Crippen LogP contribution in [0.3, 0.4) is 0 Å². The second kappa shape index (κ2) is 5.15. The molecule has 0 amide bonds. The Bertz CT molecular complexity index is 701. The quantitative estimate of drug-likeness (QED) is 0.660. The Hall–Kier alpha value is -1.46. The van der Waals surface area contributed by atoms with Crippen molar-refractivity contribution in [1.29, 1.82) is 0 Å². The van der Waals surface area contributed by atoms with Gasteiger partial charge in [-0.05, 0) is 0 Å². The minimum absolute atomic E-state index is 0.661. The molecule has 1 aliphatic carbocycles. The van der Waals surface area contributed by atoms with Gasteiger partial charge in [0.15, 0.2) is 0 Å². The Morgan fingerprint density at radius 2 is 1.05 bits per heavy atom. The average Bonchev–Trinajstić information content (AvgIpc) is 2.84. The van der Waals surface area contributed by atoms with E-state index in [0.717, 1.165) is 0 Å². The third kappa shape index (κ3) is 2.01. The molecule has 1 aliphatic rings. The van der Waals surface area contributed by atoms with E-state index in [1.54, 1.807) is 14.4 Å². The van der Waals surface area contributed by atoms with Crippen LogP contribution in [0.5, 0.6) is 0 Å². The molecule has 94 valence electrons. The van der Waals surface area contributed by atoms with Crippen LogP contribution < -0.4 is 3.27 Å². The number of fused-ring (bicyclic) bond motifs is 3. The van der Waals surface area contributed by atoms with Crippen molar-refractivity contribution in [3.8, 4) is 11.1 Å². The predicted octanol–water partition coefficient (Wildman–Crippen LogP) is 4.16. The summed E-state index contributed by atoms with van der Waals surface area (Å²) in [6, 6.07) is 28.9. The van der Waals surface area contributed by atoms with Gasteiger partial charge in [-0.3, -0.25) is 0 Å². The molecule has 0 nitrogen and oxygen atoms in total. The normalized spacial score (nSPS) is 12.8. The van der Waals surface area contributed by atoms with Crippen LogP contribution in [0, 0.1) is 0 Å². The van der Waals surface area contributed by atoms with Gasteiger partial charge in [0.05, 0.1) is 0 Å². The van der Waals surface area contributed by atoms with Crippen LogP contribution in [0.1, 0.15) is 14.8 Å². The van der Waals surface area contributed by atoms with Gasteiger partial charge in [-0.2, -0.15) is 0 Å². The van der Waals surface area contributed by atoms with Crippen LogP contribution in [0.25, 0.3) is 11.1 Å². The molecule has 0 aromatic heterocycles. The molecule has 0 spiro atoms. The molecule has 0 radical (unpaired) electrons. The fourth-order valence-corrected chi connectivity index (χ4v) is 6.78. The zero-order valence-corrected chi connectivity index (χ0v) is 13.5. The summed E-state index contributed by atoms with van der Waals surface area (Å²) in [5.74, 6) is 0. The number of hydrogen-bond acceptors (Lipinski definition) is 0. The Morgan fingerprint density at radius 1 is 0.550 bits per heavy atom. The van der Waals surface area contributed by atoms with Crippen LogP contribution in [0.2, 0.25) is 0 Å².